The average Bonchev–Trinajstić information content (AvgIpc) is 2.77. The largest absolute Gasteiger partial charge is 0.347 e. The highest BCUT2D eigenvalue weighted by Crippen LogP contribution is 2.37. The van der Waals surface area contributed by atoms with Gasteiger partial charge in [0.15, 0.2) is 0 Å². The van der Waals surface area contributed by atoms with E-state index in [0.717, 1.165) is 3.79 Å². The minimum absolute atomic E-state index is 0.192. The van der Waals surface area contributed by atoms with Crippen molar-refractivity contribution in [3.8, 4) is 0 Å². The van der Waals surface area contributed by atoms with E-state index in [-0.39, 0.29) is 17.3 Å². The van der Waals surface area contributed by atoms with Crippen molar-refractivity contribution < 1.29 is 13.2 Å². The first-order valence-corrected chi connectivity index (χ1v) is 9.98. The predicted octanol–water partition coefficient (Wildman–Crippen LogP) is 1.32. The molecule has 6 nitrogen and oxygen atoms in total. The minimum atomic E-state index is -3.72. The molecule has 1 amide bonds. The highest BCUT2D eigenvalue weighted by Gasteiger charge is 2.39. The van der Waals surface area contributed by atoms with Gasteiger partial charge in [0.2, 0.25) is 15.9 Å². The first-order chi connectivity index (χ1) is 9.75. The lowest BCUT2D eigenvalue weighted by Crippen LogP contribution is -2.59. The molecule has 0 radical (unpaired) electrons. The van der Waals surface area contributed by atoms with Gasteiger partial charge in [-0.3, -0.25) is 4.79 Å². The zero-order valence-electron chi connectivity index (χ0n) is 11.5. The van der Waals surface area contributed by atoms with Crippen LogP contribution in [0.1, 0.15) is 0 Å². The number of sulfonamides is 1. The van der Waals surface area contributed by atoms with Crippen molar-refractivity contribution in [1.82, 2.24) is 14.5 Å². The Kier molecular flexibility index (Phi) is 5.48. The maximum absolute atomic E-state index is 12.8. The molecule has 1 aromatic heterocycles. The lowest BCUT2D eigenvalue weighted by molar-refractivity contribution is -0.133. The number of hydrogen-bond donors (Lipinski definition) is 1. The van der Waals surface area contributed by atoms with Crippen LogP contribution in [0.2, 0.25) is 0 Å². The number of rotatable bonds is 3. The van der Waals surface area contributed by atoms with Crippen molar-refractivity contribution >= 4 is 59.1 Å². The summed E-state index contributed by atoms with van der Waals surface area (Å²) >= 11 is 7.85. The summed E-state index contributed by atoms with van der Waals surface area (Å²) in [7, 11) is -0.473. The summed E-state index contributed by atoms with van der Waals surface area (Å²) in [5.41, 5.74) is 0. The lowest BCUT2D eigenvalue weighted by atomic mass is 10.2. The van der Waals surface area contributed by atoms with Crippen LogP contribution in [-0.2, 0) is 14.8 Å². The number of halogens is 2. The van der Waals surface area contributed by atoms with Crippen LogP contribution in [0.5, 0.6) is 0 Å². The molecular formula is C11H15Br2N3O3S2. The molecule has 0 saturated carbocycles. The molecule has 0 aromatic carbocycles. The molecule has 1 N–H and O–H groups in total. The normalized spacial score (nSPS) is 20.5. The fourth-order valence-corrected chi connectivity index (χ4v) is 7.45. The molecule has 2 heterocycles. The number of piperazine rings is 1. The van der Waals surface area contributed by atoms with Gasteiger partial charge >= 0.3 is 0 Å². The van der Waals surface area contributed by atoms with E-state index in [2.05, 4.69) is 37.2 Å². The fourth-order valence-electron chi connectivity index (χ4n) is 2.11. The number of carbonyl (C=O) groups excluding carboxylic acids is 1. The smallest absolute Gasteiger partial charge is 0.245 e. The number of nitrogens with one attached hydrogen (secondary N) is 1. The van der Waals surface area contributed by atoms with Crippen molar-refractivity contribution in [2.45, 2.75) is 10.9 Å². The third-order valence-electron chi connectivity index (χ3n) is 3.13. The first-order valence-electron chi connectivity index (χ1n) is 6.13. The third-order valence-corrected chi connectivity index (χ3v) is 7.80. The van der Waals surface area contributed by atoms with E-state index in [9.17, 15) is 13.2 Å². The average molecular weight is 461 g/mol. The van der Waals surface area contributed by atoms with Gasteiger partial charge in [0.1, 0.15) is 10.9 Å². The number of amides is 1. The van der Waals surface area contributed by atoms with Gasteiger partial charge in [-0.2, -0.15) is 4.31 Å². The summed E-state index contributed by atoms with van der Waals surface area (Å²) in [6, 6.07) is 0.841. The molecule has 0 bridgehead atoms. The van der Waals surface area contributed by atoms with Crippen LogP contribution in [0, 0.1) is 0 Å². The molecule has 10 heteroatoms. The number of carbonyl (C=O) groups is 1. The van der Waals surface area contributed by atoms with Crippen molar-refractivity contribution in [3.05, 3.63) is 13.6 Å². The topological polar surface area (TPSA) is 69.7 Å². The third kappa shape index (κ3) is 3.50. The van der Waals surface area contributed by atoms with Gasteiger partial charge in [-0.1, -0.05) is 0 Å². The highest BCUT2D eigenvalue weighted by atomic mass is 79.9. The van der Waals surface area contributed by atoms with Crippen LogP contribution in [0.4, 0.5) is 0 Å². The van der Waals surface area contributed by atoms with E-state index in [0.29, 0.717) is 16.9 Å². The standard InChI is InChI=1S/C11H15Br2N3O3S2/c1-15(2)11(17)7-6-14-3-4-16(7)21(18,19)8-5-9(12)20-10(8)13/h5,7,14H,3-4,6H2,1-2H3. The van der Waals surface area contributed by atoms with Crippen LogP contribution in [0.25, 0.3) is 0 Å². The predicted molar refractivity (Wildman–Crippen MR) is 89.0 cm³/mol. The van der Waals surface area contributed by atoms with Crippen molar-refractivity contribution in [2.75, 3.05) is 33.7 Å². The molecule has 0 spiro atoms. The molecule has 118 valence electrons. The maximum Gasteiger partial charge on any atom is 0.245 e. The molecule has 1 saturated heterocycles. The van der Waals surface area contributed by atoms with Gasteiger partial charge in [0, 0.05) is 33.7 Å². The van der Waals surface area contributed by atoms with E-state index in [1.54, 1.807) is 20.2 Å². The van der Waals surface area contributed by atoms with Crippen LogP contribution < -0.4 is 5.32 Å². The Hall–Kier alpha value is -0.000000000000000333. The monoisotopic (exact) mass is 459 g/mol. The highest BCUT2D eigenvalue weighted by molar-refractivity contribution is 9.12. The zero-order valence-corrected chi connectivity index (χ0v) is 16.3. The molecule has 1 aliphatic heterocycles. The number of nitrogens with zero attached hydrogens (tertiary/aromatic N) is 2. The summed E-state index contributed by atoms with van der Waals surface area (Å²) in [4.78, 5) is 13.8. The number of hydrogen-bond acceptors (Lipinski definition) is 5. The fraction of sp³-hybridized carbons (Fsp3) is 0.545. The van der Waals surface area contributed by atoms with E-state index in [4.69, 9.17) is 0 Å². The van der Waals surface area contributed by atoms with E-state index >= 15 is 0 Å². The van der Waals surface area contributed by atoms with Gasteiger partial charge in [-0.05, 0) is 37.9 Å². The number of thiophene rings is 1. The Bertz CT molecular complexity index is 645. The lowest BCUT2D eigenvalue weighted by Gasteiger charge is -2.35. The molecule has 1 aromatic rings. The molecule has 0 aliphatic carbocycles. The summed E-state index contributed by atoms with van der Waals surface area (Å²) < 4.78 is 28.2. The van der Waals surface area contributed by atoms with Crippen molar-refractivity contribution in [2.24, 2.45) is 0 Å². The number of likely N-dealkylation sites (N-methyl/N-ethyl adjacent to an activating group) is 1. The Morgan fingerprint density at radius 3 is 2.67 bits per heavy atom. The summed E-state index contributed by atoms with van der Waals surface area (Å²) in [5, 5.41) is 3.07. The zero-order chi connectivity index (χ0) is 15.8. The van der Waals surface area contributed by atoms with E-state index in [1.165, 1.54) is 20.5 Å². The molecule has 1 aliphatic rings. The van der Waals surface area contributed by atoms with Gasteiger partial charge in [-0.15, -0.1) is 11.3 Å². The first kappa shape index (κ1) is 17.4. The van der Waals surface area contributed by atoms with Crippen molar-refractivity contribution in [1.29, 1.82) is 0 Å². The summed E-state index contributed by atoms with van der Waals surface area (Å²) in [6.45, 7) is 1.12. The van der Waals surface area contributed by atoms with Gasteiger partial charge in [-0.25, -0.2) is 8.42 Å². The molecule has 1 unspecified atom stereocenters. The van der Waals surface area contributed by atoms with Gasteiger partial charge < -0.3 is 10.2 Å². The molecule has 1 atom stereocenters. The second-order valence-corrected chi connectivity index (χ2v) is 10.4. The summed E-state index contributed by atoms with van der Waals surface area (Å²) in [5.74, 6) is -0.226. The second kappa shape index (κ2) is 6.63. The molecule has 1 fully saturated rings. The molecular weight excluding hydrogens is 446 g/mol. The Morgan fingerprint density at radius 1 is 1.48 bits per heavy atom. The Balaban J connectivity index is 2.41. The molecule has 21 heavy (non-hydrogen) atoms. The Labute approximate surface area is 144 Å². The SMILES string of the molecule is CN(C)C(=O)C1CNCCN1S(=O)(=O)c1cc(Br)sc1Br. The second-order valence-electron chi connectivity index (χ2n) is 4.76. The summed E-state index contributed by atoms with van der Waals surface area (Å²) in [6.07, 6.45) is 0. The maximum atomic E-state index is 12.8. The Morgan fingerprint density at radius 2 is 2.14 bits per heavy atom. The van der Waals surface area contributed by atoms with Crippen LogP contribution in [0.15, 0.2) is 18.5 Å². The van der Waals surface area contributed by atoms with Crippen LogP contribution >= 0.6 is 43.2 Å². The quantitative estimate of drug-likeness (QED) is 0.738. The van der Waals surface area contributed by atoms with Gasteiger partial charge in [0.25, 0.3) is 0 Å². The van der Waals surface area contributed by atoms with Crippen molar-refractivity contribution in [3.63, 3.8) is 0 Å². The van der Waals surface area contributed by atoms with E-state index < -0.39 is 16.1 Å². The van der Waals surface area contributed by atoms with E-state index in [1.807, 2.05) is 0 Å². The molecule has 2 rings (SSSR count). The minimum Gasteiger partial charge on any atom is -0.347 e. The van der Waals surface area contributed by atoms with Gasteiger partial charge in [0.05, 0.1) is 7.57 Å². The van der Waals surface area contributed by atoms with Crippen LogP contribution in [-0.4, -0.2) is 63.3 Å². The van der Waals surface area contributed by atoms with Crippen LogP contribution in [0.3, 0.4) is 0 Å².